The molecule has 1 aliphatic heterocycles. The molecule has 0 bridgehead atoms. The highest BCUT2D eigenvalue weighted by Crippen LogP contribution is 2.44. The summed E-state index contributed by atoms with van der Waals surface area (Å²) in [7, 11) is 0. The number of nitrogens with zero attached hydrogens (tertiary/aromatic N) is 2. The summed E-state index contributed by atoms with van der Waals surface area (Å²) in [5.74, 6) is -0.153. The van der Waals surface area contributed by atoms with E-state index in [1.54, 1.807) is 19.1 Å². The van der Waals surface area contributed by atoms with E-state index in [0.717, 1.165) is 31.5 Å². The van der Waals surface area contributed by atoms with Crippen LogP contribution < -0.4 is 4.90 Å². The third-order valence-corrected chi connectivity index (χ3v) is 4.85. The van der Waals surface area contributed by atoms with Gasteiger partial charge < -0.3 is 10.0 Å². The first-order chi connectivity index (χ1) is 9.99. The number of carboxylic acids is 1. The lowest BCUT2D eigenvalue weighted by Gasteiger charge is -2.26. The molecule has 0 amide bonds. The van der Waals surface area contributed by atoms with E-state index in [0.29, 0.717) is 11.5 Å². The van der Waals surface area contributed by atoms with Crippen molar-refractivity contribution in [1.29, 1.82) is 0 Å². The molecule has 6 nitrogen and oxygen atoms in total. The fourth-order valence-corrected chi connectivity index (χ4v) is 3.91. The lowest BCUT2D eigenvalue weighted by atomic mass is 9.94. The van der Waals surface area contributed by atoms with Gasteiger partial charge in [-0.15, -0.1) is 0 Å². The highest BCUT2D eigenvalue weighted by Gasteiger charge is 2.47. The van der Waals surface area contributed by atoms with Crippen molar-refractivity contribution in [2.24, 2.45) is 11.8 Å². The quantitative estimate of drug-likeness (QED) is 0.683. The number of hydrogen-bond donors (Lipinski definition) is 1. The second-order valence-electron chi connectivity index (χ2n) is 6.02. The molecule has 0 spiro atoms. The van der Waals surface area contributed by atoms with Gasteiger partial charge in [0.1, 0.15) is 6.04 Å². The van der Waals surface area contributed by atoms with Gasteiger partial charge in [-0.2, -0.15) is 0 Å². The fraction of sp³-hybridized carbons (Fsp3) is 0.533. The molecule has 2 aliphatic rings. The van der Waals surface area contributed by atoms with Gasteiger partial charge in [-0.25, -0.2) is 4.79 Å². The van der Waals surface area contributed by atoms with Crippen LogP contribution in [-0.4, -0.2) is 28.6 Å². The van der Waals surface area contributed by atoms with Crippen LogP contribution in [0.1, 0.15) is 24.8 Å². The molecule has 3 unspecified atom stereocenters. The number of anilines is 1. The lowest BCUT2D eigenvalue weighted by molar-refractivity contribution is -0.385. The molecule has 1 aromatic rings. The SMILES string of the molecule is Cc1cc(N2CC3CCCC3C2C(=O)O)ccc1[N+](=O)[O-]. The maximum absolute atomic E-state index is 11.6. The van der Waals surface area contributed by atoms with Gasteiger partial charge in [0.2, 0.25) is 0 Å². The second-order valence-corrected chi connectivity index (χ2v) is 6.02. The second kappa shape index (κ2) is 5.02. The van der Waals surface area contributed by atoms with Crippen molar-refractivity contribution < 1.29 is 14.8 Å². The topological polar surface area (TPSA) is 83.7 Å². The number of nitro benzene ring substituents is 1. The predicted octanol–water partition coefficient (Wildman–Crippen LogP) is 2.59. The Kier molecular flexibility index (Phi) is 3.31. The molecule has 21 heavy (non-hydrogen) atoms. The molecule has 1 saturated carbocycles. The first-order valence-electron chi connectivity index (χ1n) is 7.23. The lowest BCUT2D eigenvalue weighted by Crippen LogP contribution is -2.39. The van der Waals surface area contributed by atoms with Gasteiger partial charge in [-0.1, -0.05) is 6.42 Å². The first kappa shape index (κ1) is 13.9. The average molecular weight is 290 g/mol. The minimum Gasteiger partial charge on any atom is -0.480 e. The van der Waals surface area contributed by atoms with Crippen molar-refractivity contribution >= 4 is 17.3 Å². The zero-order chi connectivity index (χ0) is 15.1. The van der Waals surface area contributed by atoms with Gasteiger partial charge in [0, 0.05) is 23.9 Å². The fourth-order valence-electron chi connectivity index (χ4n) is 3.91. The molecule has 6 heteroatoms. The van der Waals surface area contributed by atoms with E-state index >= 15 is 0 Å². The van der Waals surface area contributed by atoms with Crippen LogP contribution >= 0.6 is 0 Å². The zero-order valence-corrected chi connectivity index (χ0v) is 11.9. The molecule has 0 aromatic heterocycles. The third-order valence-electron chi connectivity index (χ3n) is 4.85. The highest BCUT2D eigenvalue weighted by atomic mass is 16.6. The van der Waals surface area contributed by atoms with E-state index < -0.39 is 16.9 Å². The molecule has 1 aromatic carbocycles. The Morgan fingerprint density at radius 3 is 2.81 bits per heavy atom. The van der Waals surface area contributed by atoms with Gasteiger partial charge in [0.05, 0.1) is 4.92 Å². The van der Waals surface area contributed by atoms with E-state index in [-0.39, 0.29) is 11.6 Å². The largest absolute Gasteiger partial charge is 0.480 e. The summed E-state index contributed by atoms with van der Waals surface area (Å²) in [4.78, 5) is 24.0. The molecular weight excluding hydrogens is 272 g/mol. The monoisotopic (exact) mass is 290 g/mol. The number of benzene rings is 1. The van der Waals surface area contributed by atoms with Crippen LogP contribution in [0.4, 0.5) is 11.4 Å². The summed E-state index contributed by atoms with van der Waals surface area (Å²) in [5.41, 5.74) is 1.42. The Bertz CT molecular complexity index is 601. The highest BCUT2D eigenvalue weighted by molar-refractivity contribution is 5.80. The Hall–Kier alpha value is -2.11. The number of aryl methyl sites for hydroxylation is 1. The minimum atomic E-state index is -0.791. The van der Waals surface area contributed by atoms with E-state index in [9.17, 15) is 20.0 Å². The number of fused-ring (bicyclic) bond motifs is 1. The number of hydrogen-bond acceptors (Lipinski definition) is 4. The predicted molar refractivity (Wildman–Crippen MR) is 77.4 cm³/mol. The Morgan fingerprint density at radius 1 is 1.43 bits per heavy atom. The molecule has 112 valence electrons. The van der Waals surface area contributed by atoms with Crippen molar-refractivity contribution in [2.75, 3.05) is 11.4 Å². The standard InChI is InChI=1S/C15H18N2O4/c1-9-7-11(5-6-13(9)17(20)21)16-8-10-3-2-4-12(10)14(16)15(18)19/h5-7,10,12,14H,2-4,8H2,1H3,(H,18,19). The van der Waals surface area contributed by atoms with Gasteiger partial charge in [0.25, 0.3) is 5.69 Å². The van der Waals surface area contributed by atoms with Gasteiger partial charge in [-0.3, -0.25) is 10.1 Å². The van der Waals surface area contributed by atoms with Crippen LogP contribution in [0.2, 0.25) is 0 Å². The van der Waals surface area contributed by atoms with Gasteiger partial charge in [-0.05, 0) is 43.7 Å². The third kappa shape index (κ3) is 2.24. The molecule has 2 fully saturated rings. The summed E-state index contributed by atoms with van der Waals surface area (Å²) in [6.07, 6.45) is 3.15. The molecule has 1 saturated heterocycles. The zero-order valence-electron chi connectivity index (χ0n) is 11.9. The Balaban J connectivity index is 1.94. The maximum atomic E-state index is 11.6. The molecule has 1 aliphatic carbocycles. The average Bonchev–Trinajstić information content (AvgIpc) is 2.96. The summed E-state index contributed by atoms with van der Waals surface area (Å²) in [6.45, 7) is 2.42. The molecule has 3 rings (SSSR count). The van der Waals surface area contributed by atoms with Crippen LogP contribution in [0.3, 0.4) is 0 Å². The number of aliphatic carboxylic acids is 1. The van der Waals surface area contributed by atoms with E-state index in [1.165, 1.54) is 6.07 Å². The summed E-state index contributed by atoms with van der Waals surface area (Å²) in [6, 6.07) is 4.37. The normalized spacial score (nSPS) is 27.7. The van der Waals surface area contributed by atoms with Gasteiger partial charge >= 0.3 is 5.97 Å². The van der Waals surface area contributed by atoms with Crippen molar-refractivity contribution in [3.63, 3.8) is 0 Å². The van der Waals surface area contributed by atoms with Crippen molar-refractivity contribution in [1.82, 2.24) is 0 Å². The van der Waals surface area contributed by atoms with Crippen LogP contribution in [0.25, 0.3) is 0 Å². The maximum Gasteiger partial charge on any atom is 0.326 e. The van der Waals surface area contributed by atoms with Crippen molar-refractivity contribution in [2.45, 2.75) is 32.2 Å². The van der Waals surface area contributed by atoms with Crippen LogP contribution in [0.15, 0.2) is 18.2 Å². The van der Waals surface area contributed by atoms with Crippen molar-refractivity contribution in [3.8, 4) is 0 Å². The van der Waals surface area contributed by atoms with Crippen LogP contribution in [0, 0.1) is 28.9 Å². The van der Waals surface area contributed by atoms with E-state index in [2.05, 4.69) is 0 Å². The molecule has 3 atom stereocenters. The van der Waals surface area contributed by atoms with Crippen LogP contribution in [-0.2, 0) is 4.79 Å². The smallest absolute Gasteiger partial charge is 0.326 e. The van der Waals surface area contributed by atoms with E-state index in [1.807, 2.05) is 4.90 Å². The van der Waals surface area contributed by atoms with Gasteiger partial charge in [0.15, 0.2) is 0 Å². The van der Waals surface area contributed by atoms with Crippen molar-refractivity contribution in [3.05, 3.63) is 33.9 Å². The van der Waals surface area contributed by atoms with Crippen LogP contribution in [0.5, 0.6) is 0 Å². The Morgan fingerprint density at radius 2 is 2.19 bits per heavy atom. The van der Waals surface area contributed by atoms with E-state index in [4.69, 9.17) is 0 Å². The first-order valence-corrected chi connectivity index (χ1v) is 7.23. The molecule has 1 heterocycles. The molecular formula is C15H18N2O4. The summed E-state index contributed by atoms with van der Waals surface area (Å²) >= 11 is 0. The number of rotatable bonds is 3. The molecule has 1 N–H and O–H groups in total. The Labute approximate surface area is 122 Å². The molecule has 0 radical (unpaired) electrons. The minimum absolute atomic E-state index is 0.0741. The number of carboxylic acid groups (broad SMARTS) is 1. The summed E-state index contributed by atoms with van der Waals surface area (Å²) < 4.78 is 0. The summed E-state index contributed by atoms with van der Waals surface area (Å²) in [5, 5.41) is 20.4. The number of carbonyl (C=O) groups is 1. The number of nitro groups is 1.